The Kier molecular flexibility index (Phi) is 3.85. The van der Waals surface area contributed by atoms with Crippen molar-refractivity contribution < 1.29 is 17.9 Å². The van der Waals surface area contributed by atoms with Crippen LogP contribution in [0.3, 0.4) is 0 Å². The summed E-state index contributed by atoms with van der Waals surface area (Å²) < 4.78 is 45.1. The summed E-state index contributed by atoms with van der Waals surface area (Å²) in [6, 6.07) is 9.42. The third kappa shape index (κ3) is 2.65. The Morgan fingerprint density at radius 3 is 2.67 bits per heavy atom. The smallest absolute Gasteiger partial charge is 0.417 e. The molecule has 0 N–H and O–H groups in total. The van der Waals surface area contributed by atoms with Crippen LogP contribution in [0.4, 0.5) is 13.2 Å². The van der Waals surface area contributed by atoms with Gasteiger partial charge in [-0.05, 0) is 18.2 Å². The van der Waals surface area contributed by atoms with E-state index < -0.39 is 11.7 Å². The molecule has 0 atom stereocenters. The van der Waals surface area contributed by atoms with Crippen molar-refractivity contribution in [2.75, 3.05) is 7.11 Å². The van der Waals surface area contributed by atoms with Crippen LogP contribution in [0.2, 0.25) is 5.02 Å². The lowest BCUT2D eigenvalue weighted by Gasteiger charge is -2.08. The number of hydrogen-bond acceptors (Lipinski definition) is 3. The van der Waals surface area contributed by atoms with Gasteiger partial charge in [-0.1, -0.05) is 23.7 Å². The molecule has 0 aliphatic carbocycles. The molecule has 0 saturated heterocycles. The van der Waals surface area contributed by atoms with Crippen molar-refractivity contribution in [3.8, 4) is 23.1 Å². The molecule has 3 rings (SSSR count). The van der Waals surface area contributed by atoms with Crippen LogP contribution in [0.15, 0.2) is 36.5 Å². The molecule has 2 aromatic heterocycles. The van der Waals surface area contributed by atoms with Gasteiger partial charge in [-0.15, -0.1) is 0 Å². The molecule has 4 nitrogen and oxygen atoms in total. The molecule has 122 valence electrons. The zero-order valence-electron chi connectivity index (χ0n) is 12.2. The average Bonchev–Trinajstić information content (AvgIpc) is 2.93. The third-order valence-corrected chi connectivity index (χ3v) is 3.73. The van der Waals surface area contributed by atoms with Gasteiger partial charge in [0.25, 0.3) is 0 Å². The topological polar surface area (TPSA) is 50.3 Å². The highest BCUT2D eigenvalue weighted by Gasteiger charge is 2.32. The van der Waals surface area contributed by atoms with Crippen LogP contribution >= 0.6 is 11.6 Å². The number of imidazole rings is 1. The Labute approximate surface area is 139 Å². The molecule has 24 heavy (non-hydrogen) atoms. The molecule has 0 radical (unpaired) electrons. The van der Waals surface area contributed by atoms with Gasteiger partial charge in [0.15, 0.2) is 11.3 Å². The molecule has 0 fully saturated rings. The number of aromatic nitrogens is 2. The first-order valence-corrected chi connectivity index (χ1v) is 7.06. The number of halogens is 4. The van der Waals surface area contributed by atoms with Crippen molar-refractivity contribution >= 4 is 17.2 Å². The van der Waals surface area contributed by atoms with Crippen LogP contribution in [-0.4, -0.2) is 16.5 Å². The van der Waals surface area contributed by atoms with Gasteiger partial charge in [0.05, 0.1) is 17.7 Å². The lowest BCUT2D eigenvalue weighted by atomic mass is 10.1. The van der Waals surface area contributed by atoms with E-state index in [4.69, 9.17) is 16.3 Å². The maximum Gasteiger partial charge on any atom is 0.417 e. The van der Waals surface area contributed by atoms with Gasteiger partial charge < -0.3 is 4.74 Å². The highest BCUT2D eigenvalue weighted by atomic mass is 35.5. The number of nitrogens with zero attached hydrogens (tertiary/aromatic N) is 3. The summed E-state index contributed by atoms with van der Waals surface area (Å²) in [6.45, 7) is 0. The lowest BCUT2D eigenvalue weighted by molar-refractivity contribution is -0.137. The summed E-state index contributed by atoms with van der Waals surface area (Å²) in [5.74, 6) is 0.538. The molecular formula is C16H9ClF3N3O. The summed E-state index contributed by atoms with van der Waals surface area (Å²) in [5, 5.41) is 9.23. The van der Waals surface area contributed by atoms with E-state index in [0.29, 0.717) is 11.3 Å². The first kappa shape index (κ1) is 16.1. The van der Waals surface area contributed by atoms with Crippen LogP contribution < -0.4 is 4.74 Å². The SMILES string of the molecule is COc1cccc(-c2nc3c(Cl)cc(C(F)(F)F)cn3c2C#N)c1. The van der Waals surface area contributed by atoms with Gasteiger partial charge in [0.2, 0.25) is 0 Å². The first-order valence-electron chi connectivity index (χ1n) is 6.68. The van der Waals surface area contributed by atoms with Crippen molar-refractivity contribution in [3.05, 3.63) is 52.8 Å². The normalized spacial score (nSPS) is 11.5. The van der Waals surface area contributed by atoms with Crippen molar-refractivity contribution in [3.63, 3.8) is 0 Å². The monoisotopic (exact) mass is 351 g/mol. The molecule has 8 heteroatoms. The second-order valence-corrected chi connectivity index (χ2v) is 5.33. The van der Waals surface area contributed by atoms with Gasteiger partial charge in [-0.3, -0.25) is 4.40 Å². The number of ether oxygens (including phenoxy) is 1. The van der Waals surface area contributed by atoms with Gasteiger partial charge >= 0.3 is 6.18 Å². The number of hydrogen-bond donors (Lipinski definition) is 0. The van der Waals surface area contributed by atoms with Crippen molar-refractivity contribution in [2.24, 2.45) is 0 Å². The van der Waals surface area contributed by atoms with Gasteiger partial charge in [0, 0.05) is 11.8 Å². The van der Waals surface area contributed by atoms with E-state index in [9.17, 15) is 18.4 Å². The average molecular weight is 352 g/mol. The third-order valence-electron chi connectivity index (χ3n) is 3.45. The molecule has 0 amide bonds. The Morgan fingerprint density at radius 2 is 2.04 bits per heavy atom. The summed E-state index contributed by atoms with van der Waals surface area (Å²) in [4.78, 5) is 4.24. The number of nitriles is 1. The molecule has 0 spiro atoms. The molecular weight excluding hydrogens is 343 g/mol. The Bertz CT molecular complexity index is 973. The number of fused-ring (bicyclic) bond motifs is 1. The van der Waals surface area contributed by atoms with Crippen LogP contribution in [-0.2, 0) is 6.18 Å². The van der Waals surface area contributed by atoms with Crippen LogP contribution in [0.1, 0.15) is 11.3 Å². The summed E-state index contributed by atoms with van der Waals surface area (Å²) >= 11 is 5.94. The van der Waals surface area contributed by atoms with Gasteiger partial charge in [-0.25, -0.2) is 4.98 Å². The summed E-state index contributed by atoms with van der Waals surface area (Å²) in [5.41, 5.74) is -0.131. The zero-order chi connectivity index (χ0) is 17.5. The number of alkyl halides is 3. The van der Waals surface area contributed by atoms with E-state index in [-0.39, 0.29) is 22.1 Å². The molecule has 1 aromatic carbocycles. The minimum absolute atomic E-state index is 0.0359. The van der Waals surface area contributed by atoms with E-state index in [1.54, 1.807) is 24.3 Å². The van der Waals surface area contributed by atoms with Crippen LogP contribution in [0.25, 0.3) is 16.9 Å². The fourth-order valence-corrected chi connectivity index (χ4v) is 2.59. The minimum Gasteiger partial charge on any atom is -0.497 e. The van der Waals surface area contributed by atoms with E-state index in [2.05, 4.69) is 4.98 Å². The standard InChI is InChI=1S/C16H9ClF3N3O/c1-24-11-4-2-3-9(5-11)14-13(7-21)23-8-10(16(18,19)20)6-12(17)15(23)22-14/h2-6,8H,1H3. The molecule has 2 heterocycles. The number of rotatable bonds is 2. The second kappa shape index (κ2) is 5.73. The highest BCUT2D eigenvalue weighted by Crippen LogP contribution is 2.35. The maximum atomic E-state index is 13.0. The van der Waals surface area contributed by atoms with Crippen LogP contribution in [0.5, 0.6) is 5.75 Å². The first-order chi connectivity index (χ1) is 11.3. The Hall–Kier alpha value is -2.72. The predicted octanol–water partition coefficient (Wildman–Crippen LogP) is 4.55. The quantitative estimate of drug-likeness (QED) is 0.680. The Morgan fingerprint density at radius 1 is 1.29 bits per heavy atom. The van der Waals surface area contributed by atoms with Crippen molar-refractivity contribution in [1.82, 2.24) is 9.38 Å². The largest absolute Gasteiger partial charge is 0.497 e. The summed E-state index contributed by atoms with van der Waals surface area (Å²) in [6.07, 6.45) is -3.76. The lowest BCUT2D eigenvalue weighted by Crippen LogP contribution is -2.07. The molecule has 0 aliphatic heterocycles. The maximum absolute atomic E-state index is 13.0. The predicted molar refractivity (Wildman–Crippen MR) is 81.9 cm³/mol. The molecule has 0 unspecified atom stereocenters. The molecule has 0 aliphatic rings. The second-order valence-electron chi connectivity index (χ2n) is 4.92. The fourth-order valence-electron chi connectivity index (χ4n) is 2.34. The Balaban J connectivity index is 2.31. The number of pyridine rings is 1. The van der Waals surface area contributed by atoms with E-state index >= 15 is 0 Å². The van der Waals surface area contributed by atoms with Crippen molar-refractivity contribution in [2.45, 2.75) is 6.18 Å². The van der Waals surface area contributed by atoms with E-state index in [1.165, 1.54) is 7.11 Å². The highest BCUT2D eigenvalue weighted by molar-refractivity contribution is 6.33. The van der Waals surface area contributed by atoms with Gasteiger partial charge in [-0.2, -0.15) is 18.4 Å². The fraction of sp³-hybridized carbons (Fsp3) is 0.125. The number of methoxy groups -OCH3 is 1. The number of benzene rings is 1. The minimum atomic E-state index is -4.58. The van der Waals surface area contributed by atoms with Crippen molar-refractivity contribution in [1.29, 1.82) is 5.26 Å². The summed E-state index contributed by atoms with van der Waals surface area (Å²) in [7, 11) is 1.49. The zero-order valence-corrected chi connectivity index (χ0v) is 13.0. The molecule has 0 bridgehead atoms. The van der Waals surface area contributed by atoms with Crippen LogP contribution in [0, 0.1) is 11.3 Å². The molecule has 0 saturated carbocycles. The van der Waals surface area contributed by atoms with Gasteiger partial charge in [0.1, 0.15) is 17.5 Å². The molecule has 3 aromatic rings. The van der Waals surface area contributed by atoms with E-state index in [1.807, 2.05) is 6.07 Å². The van der Waals surface area contributed by atoms with E-state index in [0.717, 1.165) is 16.7 Å².